The Morgan fingerprint density at radius 3 is 2.72 bits per heavy atom. The van der Waals surface area contributed by atoms with Crippen LogP contribution in [0, 0.1) is 0 Å². The number of hydrogen-bond donors (Lipinski definition) is 3. The Hall–Kier alpha value is -4.45. The molecule has 0 bridgehead atoms. The van der Waals surface area contributed by atoms with Gasteiger partial charge in [-0.15, -0.1) is 0 Å². The fraction of sp³-hybridized carbons (Fsp3) is 0.167. The van der Waals surface area contributed by atoms with Gasteiger partial charge in [-0.1, -0.05) is 50.4 Å². The number of fused-ring (bicyclic) bond motifs is 1. The van der Waals surface area contributed by atoms with Crippen molar-refractivity contribution in [1.29, 1.82) is 0 Å². The number of aromatic amines is 1. The molecule has 0 fully saturated rings. The van der Waals surface area contributed by atoms with E-state index in [2.05, 4.69) is 109 Å². The molecule has 2 aromatic carbocycles. The van der Waals surface area contributed by atoms with Crippen LogP contribution < -0.4 is 16.0 Å². The summed E-state index contributed by atoms with van der Waals surface area (Å²) in [6.45, 7) is 13.8. The molecule has 36 heavy (non-hydrogen) atoms. The Morgan fingerprint density at radius 2 is 2.03 bits per heavy atom. The molecule has 6 heteroatoms. The van der Waals surface area contributed by atoms with E-state index in [1.54, 1.807) is 6.20 Å². The summed E-state index contributed by atoms with van der Waals surface area (Å²) < 4.78 is 0. The van der Waals surface area contributed by atoms with Gasteiger partial charge in [0.2, 0.25) is 0 Å². The molecule has 0 saturated carbocycles. The predicted molar refractivity (Wildman–Crippen MR) is 158 cm³/mol. The van der Waals surface area contributed by atoms with Crippen molar-refractivity contribution in [2.75, 3.05) is 23.8 Å². The Bertz CT molecular complexity index is 1410. The van der Waals surface area contributed by atoms with Gasteiger partial charge in [0.25, 0.3) is 0 Å². The third kappa shape index (κ3) is 5.28. The first kappa shape index (κ1) is 24.7. The lowest BCUT2D eigenvalue weighted by Crippen LogP contribution is -2.19. The number of nitrogens with zero attached hydrogens (tertiary/aromatic N) is 3. The summed E-state index contributed by atoms with van der Waals surface area (Å²) in [5, 5.41) is 11.6. The summed E-state index contributed by atoms with van der Waals surface area (Å²) >= 11 is 0. The number of hydrogen-bond acceptors (Lipinski definition) is 5. The third-order valence-electron chi connectivity index (χ3n) is 6.26. The average Bonchev–Trinajstić information content (AvgIpc) is 3.30. The molecule has 6 nitrogen and oxygen atoms in total. The van der Waals surface area contributed by atoms with Crippen molar-refractivity contribution in [2.24, 2.45) is 5.73 Å². The van der Waals surface area contributed by atoms with Gasteiger partial charge < -0.3 is 20.9 Å². The molecule has 0 radical (unpaired) electrons. The number of anilines is 2. The minimum atomic E-state index is 0. The molecule has 1 heterocycles. The van der Waals surface area contributed by atoms with Crippen LogP contribution in [0.25, 0.3) is 22.0 Å². The second-order valence-corrected chi connectivity index (χ2v) is 8.92. The van der Waals surface area contributed by atoms with E-state index in [9.17, 15) is 0 Å². The lowest BCUT2D eigenvalue weighted by molar-refractivity contribution is 0.644. The van der Waals surface area contributed by atoms with E-state index in [0.29, 0.717) is 11.4 Å². The number of H-pyrrole nitrogens is 1. The van der Waals surface area contributed by atoms with E-state index in [-0.39, 0.29) is 2.85 Å². The normalized spacial score (nSPS) is 13.0. The van der Waals surface area contributed by atoms with Crippen LogP contribution >= 0.6 is 0 Å². The molecular formula is C30H38N6. The highest BCUT2D eigenvalue weighted by Gasteiger charge is 2.14. The Labute approximate surface area is 216 Å². The summed E-state index contributed by atoms with van der Waals surface area (Å²) in [6.07, 6.45) is 14.5. The molecule has 1 aliphatic carbocycles. The average molecular weight is 483 g/mol. The minimum Gasteiger partial charge on any atom is -0.403 e. The van der Waals surface area contributed by atoms with Gasteiger partial charge in [-0.3, -0.25) is 5.10 Å². The summed E-state index contributed by atoms with van der Waals surface area (Å²) in [7, 11) is 2.13. The SMILES string of the molecule is C=C(Nc1ccc(N(C)CCC)c(C2=CC=C2)c1)C(=C)N(/C=C\N)/C=C(\C)c1ccc2cn[nH]c2c1.[HH].[HH]. The van der Waals surface area contributed by atoms with E-state index >= 15 is 0 Å². The zero-order valence-electron chi connectivity index (χ0n) is 21.3. The Morgan fingerprint density at radius 1 is 1.22 bits per heavy atom. The van der Waals surface area contributed by atoms with Gasteiger partial charge in [0.1, 0.15) is 0 Å². The van der Waals surface area contributed by atoms with Crippen LogP contribution in [0.3, 0.4) is 0 Å². The Balaban J connectivity index is 0.00000253. The van der Waals surface area contributed by atoms with Gasteiger partial charge in [-0.25, -0.2) is 0 Å². The van der Waals surface area contributed by atoms with E-state index in [1.807, 2.05) is 17.3 Å². The molecule has 3 aromatic rings. The number of rotatable bonds is 11. The summed E-state index contributed by atoms with van der Waals surface area (Å²) in [4.78, 5) is 4.17. The predicted octanol–water partition coefficient (Wildman–Crippen LogP) is 7.09. The fourth-order valence-electron chi connectivity index (χ4n) is 4.18. The highest BCUT2D eigenvalue weighted by atomic mass is 15.1. The maximum atomic E-state index is 5.77. The molecule has 4 N–H and O–H groups in total. The largest absolute Gasteiger partial charge is 0.403 e. The molecule has 1 aromatic heterocycles. The molecule has 0 aliphatic heterocycles. The number of aromatic nitrogens is 2. The Kier molecular flexibility index (Phi) is 7.44. The van der Waals surface area contributed by atoms with Crippen molar-refractivity contribution < 1.29 is 2.85 Å². The smallest absolute Gasteiger partial charge is 0.0656 e. The number of nitrogens with one attached hydrogen (secondary N) is 2. The van der Waals surface area contributed by atoms with Gasteiger partial charge in [0.05, 0.1) is 23.1 Å². The zero-order chi connectivity index (χ0) is 25.7. The van der Waals surface area contributed by atoms with E-state index in [1.165, 1.54) is 23.0 Å². The third-order valence-corrected chi connectivity index (χ3v) is 6.26. The van der Waals surface area contributed by atoms with Gasteiger partial charge >= 0.3 is 0 Å². The maximum absolute atomic E-state index is 5.77. The van der Waals surface area contributed by atoms with Crippen molar-refractivity contribution in [3.05, 3.63) is 115 Å². The molecule has 0 unspecified atom stereocenters. The van der Waals surface area contributed by atoms with Crippen LogP contribution in [0.15, 0.2) is 104 Å². The highest BCUT2D eigenvalue weighted by Crippen LogP contribution is 2.34. The molecule has 0 spiro atoms. The van der Waals surface area contributed by atoms with Crippen molar-refractivity contribution >= 4 is 33.4 Å². The molecular weight excluding hydrogens is 444 g/mol. The van der Waals surface area contributed by atoms with E-state index in [4.69, 9.17) is 5.73 Å². The van der Waals surface area contributed by atoms with Gasteiger partial charge in [0, 0.05) is 57.4 Å². The van der Waals surface area contributed by atoms with Gasteiger partial charge in [-0.05, 0) is 54.3 Å². The summed E-state index contributed by atoms with van der Waals surface area (Å²) in [6, 6.07) is 12.6. The first-order valence-electron chi connectivity index (χ1n) is 12.1. The molecule has 0 amide bonds. The highest BCUT2D eigenvalue weighted by molar-refractivity contribution is 5.89. The molecule has 4 rings (SSSR count). The van der Waals surface area contributed by atoms with Crippen LogP contribution in [0.4, 0.5) is 11.4 Å². The molecule has 188 valence electrons. The van der Waals surface area contributed by atoms with E-state index < -0.39 is 0 Å². The minimum absolute atomic E-state index is 0. The van der Waals surface area contributed by atoms with Gasteiger partial charge in [0.15, 0.2) is 0 Å². The summed E-state index contributed by atoms with van der Waals surface area (Å²) in [5.74, 6) is 0. The quantitative estimate of drug-likeness (QED) is 0.255. The van der Waals surface area contributed by atoms with Crippen molar-refractivity contribution in [3.8, 4) is 0 Å². The summed E-state index contributed by atoms with van der Waals surface area (Å²) in [5.41, 5.74) is 14.8. The number of allylic oxidation sites excluding steroid dienone is 5. The fourth-order valence-corrected chi connectivity index (χ4v) is 4.18. The first-order chi connectivity index (χ1) is 17.4. The second kappa shape index (κ2) is 10.9. The van der Waals surface area contributed by atoms with Crippen LogP contribution in [0.2, 0.25) is 0 Å². The van der Waals surface area contributed by atoms with Crippen LogP contribution in [0.1, 0.15) is 34.2 Å². The van der Waals surface area contributed by atoms with Crippen molar-refractivity contribution in [3.63, 3.8) is 0 Å². The first-order valence-corrected chi connectivity index (χ1v) is 12.1. The standard InChI is InChI=1S/C30H34N6.2H2/c1-6-15-35(5)30-13-12-27(18-28(30)24-8-7-9-24)33-22(3)23(4)36(16-14-31)20-21(2)25-10-11-26-19-32-34-29(26)17-25;;/h7-14,16-20,33H,3-4,6,15,31H2,1-2,5H3,(H,32,34);2*1H/b16-14-,21-20+;;. The van der Waals surface area contributed by atoms with E-state index in [0.717, 1.165) is 40.7 Å². The maximum Gasteiger partial charge on any atom is 0.0656 e. The molecule has 0 atom stereocenters. The molecule has 0 saturated heterocycles. The van der Waals surface area contributed by atoms with Crippen LogP contribution in [0.5, 0.6) is 0 Å². The topological polar surface area (TPSA) is 73.2 Å². The lowest BCUT2D eigenvalue weighted by atomic mass is 9.96. The van der Waals surface area contributed by atoms with Crippen LogP contribution in [-0.2, 0) is 0 Å². The monoisotopic (exact) mass is 482 g/mol. The van der Waals surface area contributed by atoms with Gasteiger partial charge in [-0.2, -0.15) is 5.10 Å². The van der Waals surface area contributed by atoms with Crippen molar-refractivity contribution in [1.82, 2.24) is 15.1 Å². The zero-order valence-corrected chi connectivity index (χ0v) is 21.3. The molecule has 1 aliphatic rings. The number of benzene rings is 2. The number of nitrogens with two attached hydrogens (primary N) is 1. The van der Waals surface area contributed by atoms with Crippen molar-refractivity contribution in [2.45, 2.75) is 20.3 Å². The lowest BCUT2D eigenvalue weighted by Gasteiger charge is -2.25. The second-order valence-electron chi connectivity index (χ2n) is 8.92. The van der Waals surface area contributed by atoms with Crippen LogP contribution in [-0.4, -0.2) is 28.7 Å².